The third-order valence-electron chi connectivity index (χ3n) is 1.90. The van der Waals surface area contributed by atoms with Gasteiger partial charge in [0.25, 0.3) is 0 Å². The number of hydrogen-bond acceptors (Lipinski definition) is 2. The summed E-state index contributed by atoms with van der Waals surface area (Å²) in [6.45, 7) is 8.79. The van der Waals surface area contributed by atoms with Crippen molar-refractivity contribution in [2.45, 2.75) is 40.7 Å². The summed E-state index contributed by atoms with van der Waals surface area (Å²) in [6.07, 6.45) is 0. The van der Waals surface area contributed by atoms with E-state index in [9.17, 15) is 9.59 Å². The van der Waals surface area contributed by atoms with Crippen LogP contribution >= 0.6 is 0 Å². The Bertz CT molecular complexity index is 228. The minimum absolute atomic E-state index is 0.112. The average molecular weight is 201 g/mol. The van der Waals surface area contributed by atoms with Gasteiger partial charge in [-0.05, 0) is 5.92 Å². The van der Waals surface area contributed by atoms with Gasteiger partial charge in [-0.2, -0.15) is 0 Å². The lowest BCUT2D eigenvalue weighted by atomic mass is 9.94. The minimum Gasteiger partial charge on any atom is -0.480 e. The maximum Gasteiger partial charge on any atom is 0.326 e. The van der Waals surface area contributed by atoms with Gasteiger partial charge < -0.3 is 10.4 Å². The molecule has 0 heterocycles. The largest absolute Gasteiger partial charge is 0.480 e. The summed E-state index contributed by atoms with van der Waals surface area (Å²) in [7, 11) is 0. The number of hydrogen-bond donors (Lipinski definition) is 2. The second-order valence-electron chi connectivity index (χ2n) is 4.78. The molecule has 0 aliphatic rings. The molecule has 0 rings (SSSR count). The lowest BCUT2D eigenvalue weighted by Crippen LogP contribution is -2.48. The first-order valence-electron chi connectivity index (χ1n) is 4.70. The highest BCUT2D eigenvalue weighted by molar-refractivity contribution is 5.86. The van der Waals surface area contributed by atoms with Gasteiger partial charge in [-0.15, -0.1) is 0 Å². The topological polar surface area (TPSA) is 66.4 Å². The standard InChI is InChI=1S/C10H19NO3/c1-6(2)7(8(12)13)11-9(14)10(3,4)5/h6-7H,1-5H3,(H,11,14)(H,12,13)/t7-/m0/s1. The second-order valence-corrected chi connectivity index (χ2v) is 4.78. The Balaban J connectivity index is 4.48. The maximum absolute atomic E-state index is 11.5. The second kappa shape index (κ2) is 4.44. The molecule has 0 fully saturated rings. The van der Waals surface area contributed by atoms with E-state index in [0.717, 1.165) is 0 Å². The van der Waals surface area contributed by atoms with Gasteiger partial charge in [0.15, 0.2) is 0 Å². The molecule has 82 valence electrons. The number of aliphatic carboxylic acids is 1. The maximum atomic E-state index is 11.5. The van der Waals surface area contributed by atoms with E-state index in [1.165, 1.54) is 0 Å². The monoisotopic (exact) mass is 201 g/mol. The van der Waals surface area contributed by atoms with Gasteiger partial charge in [-0.25, -0.2) is 4.79 Å². The van der Waals surface area contributed by atoms with Crippen LogP contribution in [0.15, 0.2) is 0 Å². The van der Waals surface area contributed by atoms with Crippen LogP contribution in [0.4, 0.5) is 0 Å². The van der Waals surface area contributed by atoms with Crippen LogP contribution in [0, 0.1) is 11.3 Å². The first kappa shape index (κ1) is 12.9. The summed E-state index contributed by atoms with van der Waals surface area (Å²) >= 11 is 0. The van der Waals surface area contributed by atoms with Gasteiger partial charge in [0, 0.05) is 5.41 Å². The quantitative estimate of drug-likeness (QED) is 0.722. The van der Waals surface area contributed by atoms with Crippen molar-refractivity contribution in [3.05, 3.63) is 0 Å². The fraction of sp³-hybridized carbons (Fsp3) is 0.800. The molecule has 0 bridgehead atoms. The molecule has 0 aromatic rings. The number of nitrogens with one attached hydrogen (secondary N) is 1. The summed E-state index contributed by atoms with van der Waals surface area (Å²) < 4.78 is 0. The van der Waals surface area contributed by atoms with E-state index in [2.05, 4.69) is 5.32 Å². The predicted molar refractivity (Wildman–Crippen MR) is 53.9 cm³/mol. The fourth-order valence-electron chi connectivity index (χ4n) is 0.871. The van der Waals surface area contributed by atoms with Gasteiger partial charge >= 0.3 is 5.97 Å². The van der Waals surface area contributed by atoms with Crippen molar-refractivity contribution in [3.63, 3.8) is 0 Å². The molecular weight excluding hydrogens is 182 g/mol. The SMILES string of the molecule is CC(C)[C@H](NC(=O)C(C)(C)C)C(=O)O. The van der Waals surface area contributed by atoms with Gasteiger partial charge in [0.1, 0.15) is 6.04 Å². The van der Waals surface area contributed by atoms with E-state index in [4.69, 9.17) is 5.11 Å². The molecular formula is C10H19NO3. The van der Waals surface area contributed by atoms with Crippen molar-refractivity contribution >= 4 is 11.9 Å². The third kappa shape index (κ3) is 3.77. The van der Waals surface area contributed by atoms with E-state index < -0.39 is 17.4 Å². The van der Waals surface area contributed by atoms with Gasteiger partial charge in [0.05, 0.1) is 0 Å². The van der Waals surface area contributed by atoms with Crippen molar-refractivity contribution in [2.75, 3.05) is 0 Å². The van der Waals surface area contributed by atoms with E-state index >= 15 is 0 Å². The molecule has 0 saturated heterocycles. The Kier molecular flexibility index (Phi) is 4.10. The van der Waals surface area contributed by atoms with E-state index in [-0.39, 0.29) is 11.8 Å². The van der Waals surface area contributed by atoms with E-state index in [1.54, 1.807) is 34.6 Å². The lowest BCUT2D eigenvalue weighted by Gasteiger charge is -2.23. The molecule has 0 radical (unpaired) electrons. The highest BCUT2D eigenvalue weighted by Gasteiger charge is 2.28. The number of carbonyl (C=O) groups excluding carboxylic acids is 1. The summed E-state index contributed by atoms with van der Waals surface area (Å²) in [5, 5.41) is 11.4. The Morgan fingerprint density at radius 1 is 1.21 bits per heavy atom. The van der Waals surface area contributed by atoms with Crippen molar-refractivity contribution in [1.82, 2.24) is 5.32 Å². The minimum atomic E-state index is -0.988. The number of rotatable bonds is 3. The number of carbonyl (C=O) groups is 2. The van der Waals surface area contributed by atoms with Gasteiger partial charge in [-0.1, -0.05) is 34.6 Å². The summed E-state index contributed by atoms with van der Waals surface area (Å²) in [5.41, 5.74) is -0.553. The zero-order chi connectivity index (χ0) is 11.5. The molecule has 0 aliphatic carbocycles. The fourth-order valence-corrected chi connectivity index (χ4v) is 0.871. The van der Waals surface area contributed by atoms with Gasteiger partial charge in [0.2, 0.25) is 5.91 Å². The molecule has 4 nitrogen and oxygen atoms in total. The Morgan fingerprint density at radius 3 is 1.86 bits per heavy atom. The van der Waals surface area contributed by atoms with Crippen LogP contribution in [0.1, 0.15) is 34.6 Å². The lowest BCUT2D eigenvalue weighted by molar-refractivity contribution is -0.144. The number of carboxylic acid groups (broad SMARTS) is 1. The number of carboxylic acids is 1. The summed E-state index contributed by atoms with van der Waals surface area (Å²) in [4.78, 5) is 22.3. The Hall–Kier alpha value is -1.06. The molecule has 0 aromatic heterocycles. The Labute approximate surface area is 84.7 Å². The zero-order valence-corrected chi connectivity index (χ0v) is 9.42. The molecule has 0 spiro atoms. The summed E-state index contributed by atoms with van der Waals surface area (Å²) in [6, 6.07) is -0.804. The van der Waals surface area contributed by atoms with Crippen molar-refractivity contribution in [3.8, 4) is 0 Å². The molecule has 14 heavy (non-hydrogen) atoms. The smallest absolute Gasteiger partial charge is 0.326 e. The number of amides is 1. The molecule has 2 N–H and O–H groups in total. The molecule has 0 aliphatic heterocycles. The van der Waals surface area contributed by atoms with Crippen molar-refractivity contribution < 1.29 is 14.7 Å². The normalized spacial score (nSPS) is 13.9. The molecule has 0 aromatic carbocycles. The van der Waals surface area contributed by atoms with Crippen molar-refractivity contribution in [1.29, 1.82) is 0 Å². The zero-order valence-electron chi connectivity index (χ0n) is 9.42. The van der Waals surface area contributed by atoms with Crippen LogP contribution < -0.4 is 5.32 Å². The average Bonchev–Trinajstić information content (AvgIpc) is 1.96. The third-order valence-corrected chi connectivity index (χ3v) is 1.90. The van der Waals surface area contributed by atoms with Crippen LogP contribution in [-0.2, 0) is 9.59 Å². The first-order chi connectivity index (χ1) is 6.16. The van der Waals surface area contributed by atoms with Crippen LogP contribution in [0.5, 0.6) is 0 Å². The molecule has 0 saturated carbocycles. The highest BCUT2D eigenvalue weighted by atomic mass is 16.4. The van der Waals surface area contributed by atoms with E-state index in [0.29, 0.717) is 0 Å². The summed E-state index contributed by atoms with van der Waals surface area (Å²) in [5.74, 6) is -1.34. The van der Waals surface area contributed by atoms with Crippen LogP contribution in [0.2, 0.25) is 0 Å². The van der Waals surface area contributed by atoms with Crippen LogP contribution in [0.25, 0.3) is 0 Å². The van der Waals surface area contributed by atoms with Crippen LogP contribution in [-0.4, -0.2) is 23.0 Å². The molecule has 1 atom stereocenters. The van der Waals surface area contributed by atoms with Gasteiger partial charge in [-0.3, -0.25) is 4.79 Å². The molecule has 1 amide bonds. The van der Waals surface area contributed by atoms with E-state index in [1.807, 2.05) is 0 Å². The predicted octanol–water partition coefficient (Wildman–Crippen LogP) is 1.26. The Morgan fingerprint density at radius 2 is 1.64 bits per heavy atom. The molecule has 0 unspecified atom stereocenters. The highest BCUT2D eigenvalue weighted by Crippen LogP contribution is 2.14. The van der Waals surface area contributed by atoms with Crippen LogP contribution in [0.3, 0.4) is 0 Å². The van der Waals surface area contributed by atoms with Crippen molar-refractivity contribution in [2.24, 2.45) is 11.3 Å². The molecule has 4 heteroatoms. The first-order valence-corrected chi connectivity index (χ1v) is 4.70.